The zero-order chi connectivity index (χ0) is 14.5. The number of nitrogens with one attached hydrogen (secondary N) is 2. The van der Waals surface area contributed by atoms with Crippen molar-refractivity contribution in [1.29, 1.82) is 0 Å². The maximum Gasteiger partial charge on any atom is 0.254 e. The second kappa shape index (κ2) is 6.88. The van der Waals surface area contributed by atoms with Crippen molar-refractivity contribution in [3.63, 3.8) is 0 Å². The fraction of sp³-hybridized carbons (Fsp3) is 0.364. The molecule has 0 saturated carbocycles. The number of sulfonamides is 1. The van der Waals surface area contributed by atoms with E-state index in [2.05, 4.69) is 22.7 Å². The Morgan fingerprint density at radius 2 is 2.11 bits per heavy atom. The van der Waals surface area contributed by atoms with E-state index >= 15 is 0 Å². The molecular formula is C11H15FN2O3S2. The van der Waals surface area contributed by atoms with Gasteiger partial charge in [0.05, 0.1) is 11.3 Å². The molecule has 8 heteroatoms. The van der Waals surface area contributed by atoms with Crippen molar-refractivity contribution in [2.45, 2.75) is 11.8 Å². The number of rotatable bonds is 6. The molecule has 0 spiro atoms. The molecule has 5 nitrogen and oxygen atoms in total. The van der Waals surface area contributed by atoms with Gasteiger partial charge in [-0.15, -0.1) is 12.6 Å². The number of halogens is 1. The zero-order valence-corrected chi connectivity index (χ0v) is 12.0. The molecule has 0 heterocycles. The van der Waals surface area contributed by atoms with Crippen LogP contribution < -0.4 is 10.0 Å². The van der Waals surface area contributed by atoms with Crippen LogP contribution in [0.15, 0.2) is 23.1 Å². The second-order valence-corrected chi connectivity index (χ2v) is 6.18. The fourth-order valence-corrected chi connectivity index (χ4v) is 2.53. The van der Waals surface area contributed by atoms with E-state index in [0.717, 1.165) is 6.07 Å². The molecular weight excluding hydrogens is 291 g/mol. The lowest BCUT2D eigenvalue weighted by Gasteiger charge is -2.07. The predicted octanol–water partition coefficient (Wildman–Crippen LogP) is 0.783. The summed E-state index contributed by atoms with van der Waals surface area (Å²) in [5.41, 5.74) is -0.159. The summed E-state index contributed by atoms with van der Waals surface area (Å²) in [5, 5.41) is 2.35. The van der Waals surface area contributed by atoms with Gasteiger partial charge in [-0.05, 0) is 18.2 Å². The van der Waals surface area contributed by atoms with E-state index < -0.39 is 21.7 Å². The second-order valence-electron chi connectivity index (χ2n) is 3.74. The smallest absolute Gasteiger partial charge is 0.254 e. The summed E-state index contributed by atoms with van der Waals surface area (Å²) >= 11 is 4.01. The molecule has 1 rings (SSSR count). The van der Waals surface area contributed by atoms with E-state index in [-0.39, 0.29) is 24.4 Å². The molecule has 1 aromatic carbocycles. The topological polar surface area (TPSA) is 75.3 Å². The standard InChI is InChI=1S/C11H15FN2O3S2/c1-2-14-19(16,17)6-5-13-11(15)9-7-8(18)3-4-10(9)12/h3-4,7,14,18H,2,5-6H2,1H3,(H,13,15). The van der Waals surface area contributed by atoms with Crippen LogP contribution in [0.3, 0.4) is 0 Å². The van der Waals surface area contributed by atoms with Gasteiger partial charge in [-0.2, -0.15) is 0 Å². The summed E-state index contributed by atoms with van der Waals surface area (Å²) in [4.78, 5) is 12.1. The number of thiol groups is 1. The van der Waals surface area contributed by atoms with Crippen LogP contribution in [0.2, 0.25) is 0 Å². The minimum Gasteiger partial charge on any atom is -0.351 e. The molecule has 0 aliphatic heterocycles. The highest BCUT2D eigenvalue weighted by Crippen LogP contribution is 2.13. The molecule has 0 fully saturated rings. The third-order valence-corrected chi connectivity index (χ3v) is 3.96. The predicted molar refractivity (Wildman–Crippen MR) is 73.4 cm³/mol. The van der Waals surface area contributed by atoms with E-state index in [0.29, 0.717) is 4.90 Å². The third kappa shape index (κ3) is 5.17. The Kier molecular flexibility index (Phi) is 5.77. The van der Waals surface area contributed by atoms with E-state index in [9.17, 15) is 17.6 Å². The first kappa shape index (κ1) is 15.9. The van der Waals surface area contributed by atoms with Crippen LogP contribution in [0.1, 0.15) is 17.3 Å². The minimum atomic E-state index is -3.40. The van der Waals surface area contributed by atoms with Crippen LogP contribution in [-0.2, 0) is 10.0 Å². The Balaban J connectivity index is 2.59. The Morgan fingerprint density at radius 3 is 2.74 bits per heavy atom. The Labute approximate surface area is 117 Å². The molecule has 0 unspecified atom stereocenters. The zero-order valence-electron chi connectivity index (χ0n) is 10.3. The summed E-state index contributed by atoms with van der Waals surface area (Å²) in [6, 6.07) is 3.84. The first-order chi connectivity index (χ1) is 8.85. The molecule has 106 valence electrons. The molecule has 0 saturated heterocycles. The largest absolute Gasteiger partial charge is 0.351 e. The monoisotopic (exact) mass is 306 g/mol. The van der Waals surface area contributed by atoms with Gasteiger partial charge in [0, 0.05) is 18.0 Å². The van der Waals surface area contributed by atoms with Gasteiger partial charge >= 0.3 is 0 Å². The maximum atomic E-state index is 13.4. The molecule has 0 aromatic heterocycles. The van der Waals surface area contributed by atoms with Gasteiger partial charge in [0.2, 0.25) is 10.0 Å². The number of benzene rings is 1. The van der Waals surface area contributed by atoms with Crippen molar-refractivity contribution in [2.24, 2.45) is 0 Å². The van der Waals surface area contributed by atoms with Crippen LogP contribution in [0.25, 0.3) is 0 Å². The number of hydrogen-bond acceptors (Lipinski definition) is 4. The summed E-state index contributed by atoms with van der Waals surface area (Å²) in [6.45, 7) is 1.85. The van der Waals surface area contributed by atoms with E-state index in [1.807, 2.05) is 0 Å². The highest BCUT2D eigenvalue weighted by molar-refractivity contribution is 7.89. The van der Waals surface area contributed by atoms with Crippen LogP contribution >= 0.6 is 12.6 Å². The maximum absolute atomic E-state index is 13.4. The summed E-state index contributed by atoms with van der Waals surface area (Å²) < 4.78 is 38.3. The van der Waals surface area contributed by atoms with Crippen molar-refractivity contribution in [2.75, 3.05) is 18.8 Å². The summed E-state index contributed by atoms with van der Waals surface area (Å²) in [5.74, 6) is -1.60. The molecule has 19 heavy (non-hydrogen) atoms. The van der Waals surface area contributed by atoms with Crippen molar-refractivity contribution in [3.05, 3.63) is 29.6 Å². The molecule has 1 amide bonds. The van der Waals surface area contributed by atoms with Crippen molar-refractivity contribution in [3.8, 4) is 0 Å². The van der Waals surface area contributed by atoms with Gasteiger partial charge in [0.25, 0.3) is 5.91 Å². The molecule has 2 N–H and O–H groups in total. The van der Waals surface area contributed by atoms with Gasteiger partial charge in [-0.1, -0.05) is 6.92 Å². The quantitative estimate of drug-likeness (QED) is 0.680. The summed E-state index contributed by atoms with van der Waals surface area (Å²) in [7, 11) is -3.40. The average Bonchev–Trinajstić information content (AvgIpc) is 2.31. The van der Waals surface area contributed by atoms with E-state index in [1.165, 1.54) is 12.1 Å². The third-order valence-electron chi connectivity index (χ3n) is 2.22. The molecule has 0 atom stereocenters. The molecule has 0 aliphatic carbocycles. The number of carbonyl (C=O) groups is 1. The normalized spacial score (nSPS) is 11.3. The van der Waals surface area contributed by atoms with Crippen LogP contribution in [0, 0.1) is 5.82 Å². The van der Waals surface area contributed by atoms with Crippen LogP contribution in [-0.4, -0.2) is 33.2 Å². The lowest BCUT2D eigenvalue weighted by atomic mass is 10.2. The van der Waals surface area contributed by atoms with Crippen molar-refractivity contribution in [1.82, 2.24) is 10.0 Å². The first-order valence-corrected chi connectivity index (χ1v) is 7.69. The lowest BCUT2D eigenvalue weighted by molar-refractivity contribution is 0.0952. The van der Waals surface area contributed by atoms with Gasteiger partial charge in [-0.3, -0.25) is 4.79 Å². The highest BCUT2D eigenvalue weighted by Gasteiger charge is 2.13. The lowest BCUT2D eigenvalue weighted by Crippen LogP contribution is -2.34. The number of amides is 1. The highest BCUT2D eigenvalue weighted by atomic mass is 32.2. The molecule has 0 aliphatic rings. The molecule has 0 radical (unpaired) electrons. The number of carbonyl (C=O) groups excluding carboxylic acids is 1. The Morgan fingerprint density at radius 1 is 1.42 bits per heavy atom. The van der Waals surface area contributed by atoms with Gasteiger partial charge in [-0.25, -0.2) is 17.5 Å². The van der Waals surface area contributed by atoms with Gasteiger partial charge in [0.1, 0.15) is 5.82 Å². The molecule has 1 aromatic rings. The van der Waals surface area contributed by atoms with E-state index in [4.69, 9.17) is 0 Å². The van der Waals surface area contributed by atoms with Crippen molar-refractivity contribution < 1.29 is 17.6 Å². The first-order valence-electron chi connectivity index (χ1n) is 5.60. The van der Waals surface area contributed by atoms with Crippen LogP contribution in [0.4, 0.5) is 4.39 Å². The van der Waals surface area contributed by atoms with E-state index in [1.54, 1.807) is 6.92 Å². The van der Waals surface area contributed by atoms with Crippen LogP contribution in [0.5, 0.6) is 0 Å². The van der Waals surface area contributed by atoms with Gasteiger partial charge < -0.3 is 5.32 Å². The SMILES string of the molecule is CCNS(=O)(=O)CCNC(=O)c1cc(S)ccc1F. The Hall–Kier alpha value is -1.12. The molecule has 0 bridgehead atoms. The summed E-state index contributed by atoms with van der Waals surface area (Å²) in [6.07, 6.45) is 0. The minimum absolute atomic E-state index is 0.0929. The van der Waals surface area contributed by atoms with Crippen molar-refractivity contribution >= 4 is 28.6 Å². The van der Waals surface area contributed by atoms with Gasteiger partial charge in [0.15, 0.2) is 0 Å². The average molecular weight is 306 g/mol. The fourth-order valence-electron chi connectivity index (χ4n) is 1.37. The Bertz CT molecular complexity index is 561. The number of hydrogen-bond donors (Lipinski definition) is 3.